The highest BCUT2D eigenvalue weighted by Crippen LogP contribution is 2.49. The van der Waals surface area contributed by atoms with E-state index in [-0.39, 0.29) is 0 Å². The van der Waals surface area contributed by atoms with E-state index in [0.717, 1.165) is 23.7 Å². The van der Waals surface area contributed by atoms with Gasteiger partial charge >= 0.3 is 0 Å². The van der Waals surface area contributed by atoms with Crippen molar-refractivity contribution < 1.29 is 0 Å². The van der Waals surface area contributed by atoms with Gasteiger partial charge in [-0.2, -0.15) is 0 Å². The van der Waals surface area contributed by atoms with Crippen LogP contribution in [-0.2, 0) is 0 Å². The number of hydrogen-bond donors (Lipinski definition) is 0. The van der Waals surface area contributed by atoms with Gasteiger partial charge in [0.1, 0.15) is 0 Å². The van der Waals surface area contributed by atoms with E-state index in [1.54, 1.807) is 0 Å². The maximum absolute atomic E-state index is 4.29. The van der Waals surface area contributed by atoms with E-state index in [1.807, 2.05) is 0 Å². The molecule has 0 amide bonds. The minimum absolute atomic E-state index is 0.816. The Balaban J connectivity index is 2.17. The fourth-order valence-electron chi connectivity index (χ4n) is 3.69. The average molecular weight is 204 g/mol. The first-order valence-corrected chi connectivity index (χ1v) is 6.44. The van der Waals surface area contributed by atoms with Crippen LogP contribution in [0.4, 0.5) is 0 Å². The van der Waals surface area contributed by atoms with Crippen molar-refractivity contribution in [3.8, 4) is 0 Å². The summed E-state index contributed by atoms with van der Waals surface area (Å²) in [4.78, 5) is 0. The molecule has 0 aromatic rings. The number of rotatable bonds is 1. The molecule has 84 valence electrons. The first kappa shape index (κ1) is 11.0. The van der Waals surface area contributed by atoms with Crippen molar-refractivity contribution in [1.29, 1.82) is 0 Å². The van der Waals surface area contributed by atoms with Crippen LogP contribution in [0.15, 0.2) is 24.3 Å². The molecule has 0 spiro atoms. The van der Waals surface area contributed by atoms with E-state index in [0.29, 0.717) is 0 Å². The van der Waals surface area contributed by atoms with Crippen molar-refractivity contribution in [2.45, 2.75) is 46.0 Å². The molecule has 0 N–H and O–H groups in total. The maximum atomic E-state index is 4.29. The van der Waals surface area contributed by atoms with Gasteiger partial charge in [0.15, 0.2) is 0 Å². The van der Waals surface area contributed by atoms with Gasteiger partial charge in [0, 0.05) is 0 Å². The molecule has 0 bridgehead atoms. The molecule has 2 fully saturated rings. The fourth-order valence-corrected chi connectivity index (χ4v) is 3.69. The number of fused-ring (bicyclic) bond motifs is 1. The summed E-state index contributed by atoms with van der Waals surface area (Å²) in [5.74, 6) is 3.43. The summed E-state index contributed by atoms with van der Waals surface area (Å²) >= 11 is 0. The van der Waals surface area contributed by atoms with Crippen LogP contribution in [0.5, 0.6) is 0 Å². The predicted molar refractivity (Wildman–Crippen MR) is 66.7 cm³/mol. The van der Waals surface area contributed by atoms with Crippen molar-refractivity contribution in [1.82, 2.24) is 0 Å². The third-order valence-corrected chi connectivity index (χ3v) is 4.58. The molecule has 0 heteroatoms. The molecule has 3 atom stereocenters. The third-order valence-electron chi connectivity index (χ3n) is 4.58. The topological polar surface area (TPSA) is 0 Å². The molecular weight excluding hydrogens is 180 g/mol. The largest absolute Gasteiger partial charge is 0.0999 e. The highest BCUT2D eigenvalue weighted by molar-refractivity contribution is 5.15. The van der Waals surface area contributed by atoms with E-state index in [9.17, 15) is 0 Å². The van der Waals surface area contributed by atoms with Crippen molar-refractivity contribution in [3.05, 3.63) is 24.3 Å². The van der Waals surface area contributed by atoms with Gasteiger partial charge in [-0.15, -0.1) is 0 Å². The molecule has 2 rings (SSSR count). The molecule has 0 saturated heterocycles. The zero-order chi connectivity index (χ0) is 11.0. The van der Waals surface area contributed by atoms with E-state index in [4.69, 9.17) is 0 Å². The van der Waals surface area contributed by atoms with Gasteiger partial charge in [-0.1, -0.05) is 38.2 Å². The Kier molecular flexibility index (Phi) is 3.04. The first-order chi connectivity index (χ1) is 7.09. The SMILES string of the molecule is C=C1CC[C@@H]2C(=C)CC[C@@H](C(C)C)[C@@H]2C1. The van der Waals surface area contributed by atoms with Crippen LogP contribution in [0.3, 0.4) is 0 Å². The summed E-state index contributed by atoms with van der Waals surface area (Å²) < 4.78 is 0. The summed E-state index contributed by atoms with van der Waals surface area (Å²) in [6.07, 6.45) is 6.48. The Morgan fingerprint density at radius 2 is 1.87 bits per heavy atom. The molecule has 0 aliphatic heterocycles. The van der Waals surface area contributed by atoms with Crippen molar-refractivity contribution in [2.24, 2.45) is 23.7 Å². The van der Waals surface area contributed by atoms with Gasteiger partial charge in [0.05, 0.1) is 0 Å². The zero-order valence-electron chi connectivity index (χ0n) is 10.3. The van der Waals surface area contributed by atoms with Crippen LogP contribution >= 0.6 is 0 Å². The molecule has 2 saturated carbocycles. The van der Waals surface area contributed by atoms with Crippen LogP contribution in [0.25, 0.3) is 0 Å². The third kappa shape index (κ3) is 2.04. The number of hydrogen-bond acceptors (Lipinski definition) is 0. The van der Waals surface area contributed by atoms with Crippen LogP contribution in [-0.4, -0.2) is 0 Å². The van der Waals surface area contributed by atoms with Crippen LogP contribution in [0.1, 0.15) is 46.0 Å². The Morgan fingerprint density at radius 3 is 2.53 bits per heavy atom. The summed E-state index contributed by atoms with van der Waals surface area (Å²) in [7, 11) is 0. The molecule has 15 heavy (non-hydrogen) atoms. The minimum atomic E-state index is 0.816. The lowest BCUT2D eigenvalue weighted by molar-refractivity contribution is 0.131. The summed E-state index contributed by atoms with van der Waals surface area (Å²) in [5, 5.41) is 0. The Hall–Kier alpha value is -0.520. The molecule has 0 unspecified atom stereocenters. The van der Waals surface area contributed by atoms with Gasteiger partial charge < -0.3 is 0 Å². The molecular formula is C15H24. The quantitative estimate of drug-likeness (QED) is 0.548. The summed E-state index contributed by atoms with van der Waals surface area (Å²) in [5.41, 5.74) is 3.01. The predicted octanol–water partition coefficient (Wildman–Crippen LogP) is 4.58. The van der Waals surface area contributed by atoms with Gasteiger partial charge in [-0.3, -0.25) is 0 Å². The van der Waals surface area contributed by atoms with E-state index >= 15 is 0 Å². The van der Waals surface area contributed by atoms with E-state index in [2.05, 4.69) is 27.0 Å². The molecule has 0 nitrogen and oxygen atoms in total. The molecule has 0 aromatic heterocycles. The molecule has 0 heterocycles. The second kappa shape index (κ2) is 4.15. The molecule has 2 aliphatic carbocycles. The van der Waals surface area contributed by atoms with Gasteiger partial charge in [-0.05, 0) is 55.8 Å². The highest BCUT2D eigenvalue weighted by atomic mass is 14.4. The second-order valence-corrected chi connectivity index (χ2v) is 5.87. The first-order valence-electron chi connectivity index (χ1n) is 6.44. The van der Waals surface area contributed by atoms with E-state index in [1.165, 1.54) is 43.3 Å². The van der Waals surface area contributed by atoms with Crippen molar-refractivity contribution >= 4 is 0 Å². The van der Waals surface area contributed by atoms with Crippen LogP contribution in [0, 0.1) is 23.7 Å². The lowest BCUT2D eigenvalue weighted by atomic mass is 9.60. The minimum Gasteiger partial charge on any atom is -0.0999 e. The standard InChI is InChI=1S/C15H24/c1-10(2)13-8-6-12(4)14-7-5-11(3)9-15(13)14/h10,13-15H,3-9H2,1-2H3/t13-,14+,15-/m0/s1. The summed E-state index contributed by atoms with van der Waals surface area (Å²) in [6, 6.07) is 0. The normalized spacial score (nSPS) is 36.9. The van der Waals surface area contributed by atoms with Crippen molar-refractivity contribution in [2.75, 3.05) is 0 Å². The summed E-state index contributed by atoms with van der Waals surface area (Å²) in [6.45, 7) is 13.2. The van der Waals surface area contributed by atoms with Gasteiger partial charge in [0.2, 0.25) is 0 Å². The smallest absolute Gasteiger partial charge is 0.0169 e. The number of allylic oxidation sites excluding steroid dienone is 2. The average Bonchev–Trinajstić information content (AvgIpc) is 2.17. The maximum Gasteiger partial charge on any atom is -0.0169 e. The monoisotopic (exact) mass is 204 g/mol. The highest BCUT2D eigenvalue weighted by Gasteiger charge is 2.38. The van der Waals surface area contributed by atoms with Crippen molar-refractivity contribution in [3.63, 3.8) is 0 Å². The Labute approximate surface area is 94.5 Å². The van der Waals surface area contributed by atoms with Crippen LogP contribution < -0.4 is 0 Å². The Morgan fingerprint density at radius 1 is 1.13 bits per heavy atom. The van der Waals surface area contributed by atoms with Gasteiger partial charge in [-0.25, -0.2) is 0 Å². The van der Waals surface area contributed by atoms with Crippen LogP contribution in [0.2, 0.25) is 0 Å². The Bertz CT molecular complexity index is 272. The lowest BCUT2D eigenvalue weighted by Gasteiger charge is -2.45. The second-order valence-electron chi connectivity index (χ2n) is 5.87. The fraction of sp³-hybridized carbons (Fsp3) is 0.733. The molecule has 0 aromatic carbocycles. The lowest BCUT2D eigenvalue weighted by Crippen LogP contribution is -2.35. The zero-order valence-corrected chi connectivity index (χ0v) is 10.3. The molecule has 0 radical (unpaired) electrons. The van der Waals surface area contributed by atoms with E-state index < -0.39 is 0 Å². The van der Waals surface area contributed by atoms with Gasteiger partial charge in [0.25, 0.3) is 0 Å². The molecule has 2 aliphatic rings.